The lowest BCUT2D eigenvalue weighted by atomic mass is 9.78. The van der Waals surface area contributed by atoms with Crippen molar-refractivity contribution in [1.29, 1.82) is 0 Å². The van der Waals surface area contributed by atoms with Crippen molar-refractivity contribution >= 4 is 11.6 Å². The van der Waals surface area contributed by atoms with Crippen molar-refractivity contribution in [3.05, 3.63) is 23.8 Å². The molecule has 0 heterocycles. The molecule has 1 saturated carbocycles. The van der Waals surface area contributed by atoms with Crippen molar-refractivity contribution < 1.29 is 14.3 Å². The summed E-state index contributed by atoms with van der Waals surface area (Å²) in [6.45, 7) is 10.9. The van der Waals surface area contributed by atoms with E-state index < -0.39 is 5.60 Å². The Morgan fingerprint density at radius 2 is 2.16 bits per heavy atom. The van der Waals surface area contributed by atoms with E-state index in [4.69, 9.17) is 9.47 Å². The summed E-state index contributed by atoms with van der Waals surface area (Å²) in [5, 5.41) is 3.08. The number of hydrogen-bond acceptors (Lipinski definition) is 3. The topological polar surface area (TPSA) is 47.6 Å². The summed E-state index contributed by atoms with van der Waals surface area (Å²) < 4.78 is 11.9. The van der Waals surface area contributed by atoms with E-state index >= 15 is 0 Å². The summed E-state index contributed by atoms with van der Waals surface area (Å²) in [6, 6.07) is 5.80. The van der Waals surface area contributed by atoms with Crippen molar-refractivity contribution in [2.24, 2.45) is 5.92 Å². The molecule has 1 aromatic rings. The number of anilines is 1. The minimum atomic E-state index is -0.686. The zero-order valence-corrected chi connectivity index (χ0v) is 16.4. The molecule has 0 aromatic heterocycles. The number of carbonyl (C=O) groups is 1. The van der Waals surface area contributed by atoms with Crippen LogP contribution in [0.5, 0.6) is 5.75 Å². The van der Waals surface area contributed by atoms with E-state index in [1.165, 1.54) is 6.42 Å². The predicted molar refractivity (Wildman–Crippen MR) is 102 cm³/mol. The first-order valence-electron chi connectivity index (χ1n) is 9.59. The van der Waals surface area contributed by atoms with E-state index in [0.29, 0.717) is 12.5 Å². The van der Waals surface area contributed by atoms with Crippen molar-refractivity contribution in [3.8, 4) is 5.75 Å². The molecule has 1 fully saturated rings. The highest BCUT2D eigenvalue weighted by Crippen LogP contribution is 2.36. The molecule has 2 atom stereocenters. The first-order valence-corrected chi connectivity index (χ1v) is 9.59. The molecule has 1 amide bonds. The fraction of sp³-hybridized carbons (Fsp3) is 0.667. The Bertz CT molecular complexity index is 585. The van der Waals surface area contributed by atoms with Gasteiger partial charge in [0.15, 0.2) is 0 Å². The first kappa shape index (κ1) is 19.8. The Morgan fingerprint density at radius 1 is 1.40 bits per heavy atom. The molecule has 0 bridgehead atoms. The molecule has 1 aromatic carbocycles. The van der Waals surface area contributed by atoms with E-state index in [9.17, 15) is 4.79 Å². The maximum Gasteiger partial charge on any atom is 0.256 e. The van der Waals surface area contributed by atoms with Crippen LogP contribution in [0.1, 0.15) is 65.4 Å². The summed E-state index contributed by atoms with van der Waals surface area (Å²) >= 11 is 0. The number of nitrogens with one attached hydrogen (secondary N) is 1. The van der Waals surface area contributed by atoms with Crippen LogP contribution in [0.2, 0.25) is 0 Å². The molecule has 1 N–H and O–H groups in total. The molecule has 0 spiro atoms. The molecule has 1 aliphatic rings. The molecule has 25 heavy (non-hydrogen) atoms. The Hall–Kier alpha value is -1.55. The SMILES string of the molecule is CCCO[C@]1(C(=O)Nc2ccc(OC(C)C)c(C)c2)CCC[C@H](C)C1. The van der Waals surface area contributed by atoms with Crippen LogP contribution in [0.15, 0.2) is 18.2 Å². The number of benzene rings is 1. The van der Waals surface area contributed by atoms with Gasteiger partial charge in [0.1, 0.15) is 11.4 Å². The zero-order valence-electron chi connectivity index (χ0n) is 16.4. The highest BCUT2D eigenvalue weighted by atomic mass is 16.5. The molecule has 4 heteroatoms. The van der Waals surface area contributed by atoms with Crippen LogP contribution >= 0.6 is 0 Å². The van der Waals surface area contributed by atoms with Crippen molar-refractivity contribution in [2.75, 3.05) is 11.9 Å². The van der Waals surface area contributed by atoms with Crippen LogP contribution in [0.3, 0.4) is 0 Å². The van der Waals surface area contributed by atoms with Crippen LogP contribution < -0.4 is 10.1 Å². The largest absolute Gasteiger partial charge is 0.491 e. The van der Waals surface area contributed by atoms with Gasteiger partial charge in [0.25, 0.3) is 5.91 Å². The molecular weight excluding hydrogens is 314 g/mol. The Labute approximate surface area is 152 Å². The van der Waals surface area contributed by atoms with E-state index in [1.807, 2.05) is 39.0 Å². The van der Waals surface area contributed by atoms with Crippen molar-refractivity contribution in [2.45, 2.75) is 78.4 Å². The fourth-order valence-corrected chi connectivity index (χ4v) is 3.56. The lowest BCUT2D eigenvalue weighted by Crippen LogP contribution is -2.48. The van der Waals surface area contributed by atoms with Gasteiger partial charge in [0.05, 0.1) is 6.10 Å². The third kappa shape index (κ3) is 5.21. The van der Waals surface area contributed by atoms with Gasteiger partial charge in [-0.25, -0.2) is 0 Å². The molecule has 1 aliphatic carbocycles. The van der Waals surface area contributed by atoms with Gasteiger partial charge in [-0.05, 0) is 76.1 Å². The van der Waals surface area contributed by atoms with E-state index in [2.05, 4.69) is 19.2 Å². The number of aryl methyl sites for hydroxylation is 1. The van der Waals surface area contributed by atoms with Crippen LogP contribution in [0.4, 0.5) is 5.69 Å². The van der Waals surface area contributed by atoms with Gasteiger partial charge in [-0.1, -0.05) is 20.3 Å². The molecule has 0 unspecified atom stereocenters. The second-order valence-electron chi connectivity index (χ2n) is 7.65. The summed E-state index contributed by atoms with van der Waals surface area (Å²) in [5.41, 5.74) is 1.14. The van der Waals surface area contributed by atoms with E-state index in [-0.39, 0.29) is 12.0 Å². The summed E-state index contributed by atoms with van der Waals surface area (Å²) in [7, 11) is 0. The summed E-state index contributed by atoms with van der Waals surface area (Å²) in [5.74, 6) is 1.36. The van der Waals surface area contributed by atoms with Gasteiger partial charge in [0.2, 0.25) is 0 Å². The summed E-state index contributed by atoms with van der Waals surface area (Å²) in [6.07, 6.45) is 4.87. The monoisotopic (exact) mass is 347 g/mol. The van der Waals surface area contributed by atoms with Gasteiger partial charge < -0.3 is 14.8 Å². The minimum Gasteiger partial charge on any atom is -0.491 e. The number of amides is 1. The van der Waals surface area contributed by atoms with Crippen molar-refractivity contribution in [1.82, 2.24) is 0 Å². The highest BCUT2D eigenvalue weighted by molar-refractivity contribution is 5.97. The van der Waals surface area contributed by atoms with Gasteiger partial charge in [-0.3, -0.25) is 4.79 Å². The van der Waals surface area contributed by atoms with Gasteiger partial charge in [-0.15, -0.1) is 0 Å². The van der Waals surface area contributed by atoms with Crippen LogP contribution in [-0.4, -0.2) is 24.2 Å². The quantitative estimate of drug-likeness (QED) is 0.747. The lowest BCUT2D eigenvalue weighted by molar-refractivity contribution is -0.148. The molecule has 4 nitrogen and oxygen atoms in total. The normalized spacial score (nSPS) is 23.5. The number of carbonyl (C=O) groups excluding carboxylic acids is 1. The molecule has 140 valence electrons. The third-order valence-corrected chi connectivity index (χ3v) is 4.75. The van der Waals surface area contributed by atoms with Crippen LogP contribution in [0.25, 0.3) is 0 Å². The van der Waals surface area contributed by atoms with Crippen LogP contribution in [0, 0.1) is 12.8 Å². The molecule has 0 aliphatic heterocycles. The maximum atomic E-state index is 13.0. The standard InChI is InChI=1S/C21H33NO3/c1-6-12-24-21(11-7-8-16(4)14-21)20(23)22-18-9-10-19(17(5)13-18)25-15(2)3/h9-10,13,15-16H,6-8,11-12,14H2,1-5H3,(H,22,23)/t16-,21+/m0/s1. The molecule has 0 saturated heterocycles. The fourth-order valence-electron chi connectivity index (χ4n) is 3.56. The van der Waals surface area contributed by atoms with Crippen molar-refractivity contribution in [3.63, 3.8) is 0 Å². The smallest absolute Gasteiger partial charge is 0.256 e. The highest BCUT2D eigenvalue weighted by Gasteiger charge is 2.42. The maximum absolute atomic E-state index is 13.0. The first-order chi connectivity index (χ1) is 11.9. The second kappa shape index (κ2) is 8.70. The van der Waals surface area contributed by atoms with Gasteiger partial charge in [-0.2, -0.15) is 0 Å². The predicted octanol–water partition coefficient (Wildman–Crippen LogP) is 5.10. The van der Waals surface area contributed by atoms with Gasteiger partial charge in [0, 0.05) is 12.3 Å². The minimum absolute atomic E-state index is 0.00979. The number of hydrogen-bond donors (Lipinski definition) is 1. The number of rotatable bonds is 7. The van der Waals surface area contributed by atoms with E-state index in [1.54, 1.807) is 0 Å². The Kier molecular flexibility index (Phi) is 6.88. The molecular formula is C21H33NO3. The zero-order chi connectivity index (χ0) is 18.4. The Morgan fingerprint density at radius 3 is 2.76 bits per heavy atom. The Balaban J connectivity index is 2.13. The lowest BCUT2D eigenvalue weighted by Gasteiger charge is -2.38. The molecule has 0 radical (unpaired) electrons. The summed E-state index contributed by atoms with van der Waals surface area (Å²) in [4.78, 5) is 13.0. The van der Waals surface area contributed by atoms with Crippen LogP contribution in [-0.2, 0) is 9.53 Å². The molecule has 2 rings (SSSR count). The van der Waals surface area contributed by atoms with E-state index in [0.717, 1.165) is 42.7 Å². The number of ether oxygens (including phenoxy) is 2. The van der Waals surface area contributed by atoms with Gasteiger partial charge >= 0.3 is 0 Å². The second-order valence-corrected chi connectivity index (χ2v) is 7.65. The average molecular weight is 347 g/mol. The third-order valence-electron chi connectivity index (χ3n) is 4.75. The average Bonchev–Trinajstić information content (AvgIpc) is 2.55.